The lowest BCUT2D eigenvalue weighted by molar-refractivity contribution is -0.146. The summed E-state index contributed by atoms with van der Waals surface area (Å²) in [5.41, 5.74) is 1.09. The molecule has 2 heterocycles. The summed E-state index contributed by atoms with van der Waals surface area (Å²) in [7, 11) is 0. The molecule has 1 aromatic heterocycles. The number of ether oxygens (including phenoxy) is 2. The standard InChI is InChI=1S/C28H32O7/c1-15(2)10-17-6-8-18(9-7-17)16(3)27(31)33-14-19-11-21(29)25-23(34-19)13-22-20(26(25)30)12-24(35-22)28(4,5)32/h6-9,11,13,15-16,24,30,32H,10,12,14H2,1-5H3. The summed E-state index contributed by atoms with van der Waals surface area (Å²) in [6.07, 6.45) is 0.689. The van der Waals surface area contributed by atoms with Crippen LogP contribution in [0.4, 0.5) is 0 Å². The van der Waals surface area contributed by atoms with E-state index in [4.69, 9.17) is 13.9 Å². The molecule has 35 heavy (non-hydrogen) atoms. The second-order valence-corrected chi connectivity index (χ2v) is 10.3. The molecule has 1 aliphatic rings. The van der Waals surface area contributed by atoms with E-state index in [1.165, 1.54) is 17.7 Å². The van der Waals surface area contributed by atoms with E-state index in [1.807, 2.05) is 24.3 Å². The second kappa shape index (κ2) is 9.38. The van der Waals surface area contributed by atoms with Crippen molar-refractivity contribution in [2.75, 3.05) is 0 Å². The zero-order chi connectivity index (χ0) is 25.5. The fourth-order valence-electron chi connectivity index (χ4n) is 4.34. The van der Waals surface area contributed by atoms with Gasteiger partial charge in [-0.05, 0) is 44.2 Å². The first-order valence-corrected chi connectivity index (χ1v) is 11.9. The van der Waals surface area contributed by atoms with Crippen LogP contribution in [0.1, 0.15) is 63.0 Å². The molecule has 0 fully saturated rings. The molecule has 2 aromatic carbocycles. The van der Waals surface area contributed by atoms with Gasteiger partial charge < -0.3 is 24.1 Å². The normalized spacial score (nSPS) is 16.3. The molecule has 7 nitrogen and oxygen atoms in total. The van der Waals surface area contributed by atoms with E-state index < -0.39 is 29.0 Å². The smallest absolute Gasteiger partial charge is 0.313 e. The second-order valence-electron chi connectivity index (χ2n) is 10.3. The number of benzene rings is 2. The number of hydrogen-bond acceptors (Lipinski definition) is 7. The minimum atomic E-state index is -1.13. The van der Waals surface area contributed by atoms with Crippen molar-refractivity contribution < 1.29 is 28.9 Å². The Hall–Kier alpha value is -3.32. The van der Waals surface area contributed by atoms with E-state index in [9.17, 15) is 19.8 Å². The molecule has 186 valence electrons. The maximum Gasteiger partial charge on any atom is 0.313 e. The Morgan fingerprint density at radius 2 is 1.86 bits per heavy atom. The van der Waals surface area contributed by atoms with Crippen molar-refractivity contribution in [2.45, 2.75) is 71.7 Å². The van der Waals surface area contributed by atoms with Crippen molar-refractivity contribution in [3.8, 4) is 11.5 Å². The molecule has 3 aromatic rings. The molecule has 0 saturated heterocycles. The lowest BCUT2D eigenvalue weighted by Gasteiger charge is -2.24. The van der Waals surface area contributed by atoms with Crippen LogP contribution in [0.3, 0.4) is 0 Å². The first kappa shape index (κ1) is 24.8. The predicted molar refractivity (Wildman–Crippen MR) is 132 cm³/mol. The summed E-state index contributed by atoms with van der Waals surface area (Å²) in [5.74, 6) is -0.0543. The molecule has 0 amide bonds. The molecule has 7 heteroatoms. The molecule has 0 spiro atoms. The molecule has 2 atom stereocenters. The van der Waals surface area contributed by atoms with Gasteiger partial charge in [-0.2, -0.15) is 0 Å². The third-order valence-electron chi connectivity index (χ3n) is 6.39. The van der Waals surface area contributed by atoms with Crippen LogP contribution in [0, 0.1) is 5.92 Å². The van der Waals surface area contributed by atoms with Gasteiger partial charge in [0.25, 0.3) is 0 Å². The Labute approximate surface area is 204 Å². The largest absolute Gasteiger partial charge is 0.507 e. The summed E-state index contributed by atoms with van der Waals surface area (Å²) in [6.45, 7) is 9.12. The van der Waals surface area contributed by atoms with Gasteiger partial charge in [0.1, 0.15) is 40.9 Å². The Kier molecular flexibility index (Phi) is 6.64. The summed E-state index contributed by atoms with van der Waals surface area (Å²) in [6, 6.07) is 10.7. The van der Waals surface area contributed by atoms with Gasteiger partial charge >= 0.3 is 5.97 Å². The topological polar surface area (TPSA) is 106 Å². The number of hydrogen-bond donors (Lipinski definition) is 2. The average Bonchev–Trinajstić information content (AvgIpc) is 3.22. The number of fused-ring (bicyclic) bond motifs is 2. The Morgan fingerprint density at radius 1 is 1.17 bits per heavy atom. The summed E-state index contributed by atoms with van der Waals surface area (Å²) < 4.78 is 17.0. The number of carbonyl (C=O) groups is 1. The predicted octanol–water partition coefficient (Wildman–Crippen LogP) is 4.62. The van der Waals surface area contributed by atoms with Crippen molar-refractivity contribution in [1.29, 1.82) is 0 Å². The molecule has 2 N–H and O–H groups in total. The molecule has 1 aliphatic heterocycles. The Balaban J connectivity index is 1.50. The molecule has 0 radical (unpaired) electrons. The number of aromatic hydroxyl groups is 1. The van der Waals surface area contributed by atoms with Crippen LogP contribution in [0.15, 0.2) is 45.6 Å². The minimum Gasteiger partial charge on any atom is -0.507 e. The maximum absolute atomic E-state index is 12.8. The van der Waals surface area contributed by atoms with Gasteiger partial charge in [-0.3, -0.25) is 9.59 Å². The summed E-state index contributed by atoms with van der Waals surface area (Å²) in [5, 5.41) is 21.0. The fraction of sp³-hybridized carbons (Fsp3) is 0.429. The Bertz CT molecular complexity index is 1300. The molecule has 0 aliphatic carbocycles. The number of phenols is 1. The number of esters is 1. The molecular weight excluding hydrogens is 448 g/mol. The van der Waals surface area contributed by atoms with E-state index in [0.717, 1.165) is 12.0 Å². The summed E-state index contributed by atoms with van der Waals surface area (Å²) >= 11 is 0. The maximum atomic E-state index is 12.8. The highest BCUT2D eigenvalue weighted by Gasteiger charge is 2.37. The molecule has 0 bridgehead atoms. The van der Waals surface area contributed by atoms with Gasteiger partial charge in [-0.1, -0.05) is 38.1 Å². The van der Waals surface area contributed by atoms with Crippen LogP contribution in [0.25, 0.3) is 11.0 Å². The highest BCUT2D eigenvalue weighted by molar-refractivity contribution is 5.87. The Morgan fingerprint density at radius 3 is 2.49 bits per heavy atom. The minimum absolute atomic E-state index is 0.0358. The number of aliphatic hydroxyl groups is 1. The van der Waals surface area contributed by atoms with Crippen molar-refractivity contribution >= 4 is 16.9 Å². The molecule has 2 unspecified atom stereocenters. The van der Waals surface area contributed by atoms with Crippen LogP contribution in [0.2, 0.25) is 0 Å². The van der Waals surface area contributed by atoms with Crippen molar-refractivity contribution in [3.05, 3.63) is 69.1 Å². The van der Waals surface area contributed by atoms with Gasteiger partial charge in [-0.25, -0.2) is 0 Å². The monoisotopic (exact) mass is 480 g/mol. The van der Waals surface area contributed by atoms with Crippen LogP contribution >= 0.6 is 0 Å². The highest BCUT2D eigenvalue weighted by Crippen LogP contribution is 2.42. The van der Waals surface area contributed by atoms with Gasteiger partial charge in [-0.15, -0.1) is 0 Å². The van der Waals surface area contributed by atoms with Gasteiger partial charge in [0.05, 0.1) is 11.5 Å². The third-order valence-corrected chi connectivity index (χ3v) is 6.39. The molecule has 0 saturated carbocycles. The van der Waals surface area contributed by atoms with E-state index in [0.29, 0.717) is 17.2 Å². The van der Waals surface area contributed by atoms with Crippen molar-refractivity contribution in [2.24, 2.45) is 5.92 Å². The van der Waals surface area contributed by atoms with Crippen LogP contribution in [0.5, 0.6) is 11.5 Å². The lowest BCUT2D eigenvalue weighted by atomic mass is 9.96. The van der Waals surface area contributed by atoms with E-state index in [-0.39, 0.29) is 35.5 Å². The summed E-state index contributed by atoms with van der Waals surface area (Å²) in [4.78, 5) is 25.4. The zero-order valence-corrected chi connectivity index (χ0v) is 20.8. The van der Waals surface area contributed by atoms with Gasteiger partial charge in [0, 0.05) is 24.1 Å². The number of rotatable bonds is 7. The number of carbonyl (C=O) groups excluding carboxylic acids is 1. The first-order valence-electron chi connectivity index (χ1n) is 11.9. The SMILES string of the molecule is CC(C)Cc1ccc(C(C)C(=O)OCc2cc(=O)c3c(O)c4c(cc3o2)OC(C(C)(C)O)C4)cc1. The van der Waals surface area contributed by atoms with Crippen LogP contribution in [-0.2, 0) is 29.0 Å². The van der Waals surface area contributed by atoms with E-state index in [2.05, 4.69) is 13.8 Å². The van der Waals surface area contributed by atoms with Gasteiger partial charge in [0.15, 0.2) is 5.43 Å². The number of phenolic OH excluding ortho intramolecular Hbond substituents is 1. The first-order chi connectivity index (χ1) is 16.4. The van der Waals surface area contributed by atoms with Crippen molar-refractivity contribution in [1.82, 2.24) is 0 Å². The highest BCUT2D eigenvalue weighted by atomic mass is 16.5. The van der Waals surface area contributed by atoms with E-state index >= 15 is 0 Å². The molecular formula is C28H32O7. The van der Waals surface area contributed by atoms with Crippen LogP contribution < -0.4 is 10.2 Å². The molecule has 4 rings (SSSR count). The van der Waals surface area contributed by atoms with Crippen LogP contribution in [-0.4, -0.2) is 27.9 Å². The third kappa shape index (κ3) is 5.20. The fourth-order valence-corrected chi connectivity index (χ4v) is 4.34. The lowest BCUT2D eigenvalue weighted by Crippen LogP contribution is -2.39. The zero-order valence-electron chi connectivity index (χ0n) is 20.8. The quantitative estimate of drug-likeness (QED) is 0.475. The van der Waals surface area contributed by atoms with Gasteiger partial charge in [0.2, 0.25) is 0 Å². The van der Waals surface area contributed by atoms with E-state index in [1.54, 1.807) is 20.8 Å². The average molecular weight is 481 g/mol. The van der Waals surface area contributed by atoms with Crippen molar-refractivity contribution in [3.63, 3.8) is 0 Å².